The molecule has 1 fully saturated rings. The molecule has 0 aromatic heterocycles. The van der Waals surface area contributed by atoms with E-state index in [1.807, 2.05) is 11.9 Å². The SMILES string of the molecule is CN(CCOCCN)CC(=O)N1CCN(C(=O)c2cc(CC(=N)c3ccccc3C(N)=O)ccc2F)CC1. The van der Waals surface area contributed by atoms with Gasteiger partial charge in [-0.15, -0.1) is 0 Å². The van der Waals surface area contributed by atoms with Gasteiger partial charge in [0.2, 0.25) is 11.8 Å². The van der Waals surface area contributed by atoms with Gasteiger partial charge >= 0.3 is 0 Å². The smallest absolute Gasteiger partial charge is 0.256 e. The van der Waals surface area contributed by atoms with E-state index in [0.717, 1.165) is 0 Å². The van der Waals surface area contributed by atoms with E-state index in [1.165, 1.54) is 23.1 Å². The molecular weight excluding hydrogens is 491 g/mol. The van der Waals surface area contributed by atoms with Gasteiger partial charge in [0.1, 0.15) is 5.82 Å². The number of nitrogens with two attached hydrogens (primary N) is 2. The molecule has 1 heterocycles. The van der Waals surface area contributed by atoms with Crippen molar-refractivity contribution in [3.8, 4) is 0 Å². The number of nitrogens with one attached hydrogen (secondary N) is 1. The first-order valence-electron chi connectivity index (χ1n) is 12.5. The number of hydrogen-bond donors (Lipinski definition) is 3. The van der Waals surface area contributed by atoms with Crippen LogP contribution >= 0.6 is 0 Å². The molecular formula is C27H35FN6O4. The monoisotopic (exact) mass is 526 g/mol. The highest BCUT2D eigenvalue weighted by atomic mass is 19.1. The van der Waals surface area contributed by atoms with E-state index in [4.69, 9.17) is 21.6 Å². The standard InChI is InChI=1S/C27H35FN6O4/c1-32(13-15-38-14-8-29)18-25(35)33-9-11-34(12-10-33)27(37)22-16-19(6-7-23(22)28)17-24(30)20-4-2-3-5-21(20)26(31)36/h2-7,16,30H,8-15,17-18,29H2,1H3,(H2,31,36). The second-order valence-electron chi connectivity index (χ2n) is 9.19. The average molecular weight is 527 g/mol. The van der Waals surface area contributed by atoms with Gasteiger partial charge < -0.3 is 31.4 Å². The summed E-state index contributed by atoms with van der Waals surface area (Å²) in [7, 11) is 1.84. The first-order valence-corrected chi connectivity index (χ1v) is 12.5. The Bertz CT molecular complexity index is 1170. The minimum Gasteiger partial charge on any atom is -0.379 e. The van der Waals surface area contributed by atoms with Gasteiger partial charge in [-0.25, -0.2) is 4.39 Å². The molecule has 3 rings (SSSR count). The Hall–Kier alpha value is -3.67. The highest BCUT2D eigenvalue weighted by Crippen LogP contribution is 2.18. The lowest BCUT2D eigenvalue weighted by molar-refractivity contribution is -0.133. The van der Waals surface area contributed by atoms with Crippen LogP contribution in [-0.2, 0) is 16.0 Å². The van der Waals surface area contributed by atoms with E-state index < -0.39 is 17.6 Å². The molecule has 0 atom stereocenters. The van der Waals surface area contributed by atoms with E-state index in [9.17, 15) is 18.8 Å². The number of rotatable bonds is 12. The van der Waals surface area contributed by atoms with Crippen molar-refractivity contribution in [1.82, 2.24) is 14.7 Å². The third-order valence-corrected chi connectivity index (χ3v) is 6.36. The minimum atomic E-state index is -0.653. The van der Waals surface area contributed by atoms with Gasteiger partial charge in [0.05, 0.1) is 25.3 Å². The van der Waals surface area contributed by atoms with Gasteiger partial charge in [-0.05, 0) is 30.8 Å². The number of nitrogens with zero attached hydrogens (tertiary/aromatic N) is 3. The Labute approximate surface area is 221 Å². The van der Waals surface area contributed by atoms with Crippen LogP contribution in [0.1, 0.15) is 31.8 Å². The summed E-state index contributed by atoms with van der Waals surface area (Å²) in [6.45, 7) is 3.56. The Balaban J connectivity index is 1.58. The molecule has 1 aliphatic rings. The van der Waals surface area contributed by atoms with Crippen molar-refractivity contribution < 1.29 is 23.5 Å². The van der Waals surface area contributed by atoms with Crippen molar-refractivity contribution >= 4 is 23.4 Å². The molecule has 38 heavy (non-hydrogen) atoms. The first kappa shape index (κ1) is 28.9. The number of ether oxygens (including phenoxy) is 1. The summed E-state index contributed by atoms with van der Waals surface area (Å²) in [4.78, 5) is 42.6. The molecule has 11 heteroatoms. The third kappa shape index (κ3) is 7.67. The van der Waals surface area contributed by atoms with Crippen molar-refractivity contribution in [2.24, 2.45) is 11.5 Å². The minimum absolute atomic E-state index is 0.0404. The molecule has 0 spiro atoms. The molecule has 204 valence electrons. The summed E-state index contributed by atoms with van der Waals surface area (Å²) >= 11 is 0. The maximum absolute atomic E-state index is 14.7. The molecule has 10 nitrogen and oxygen atoms in total. The topological polar surface area (TPSA) is 146 Å². The number of carbonyl (C=O) groups excluding carboxylic acids is 3. The Morgan fingerprint density at radius 3 is 2.32 bits per heavy atom. The number of carbonyl (C=O) groups is 3. The summed E-state index contributed by atoms with van der Waals surface area (Å²) in [6, 6.07) is 10.7. The predicted octanol–water partition coefficient (Wildman–Crippen LogP) is 0.727. The lowest BCUT2D eigenvalue weighted by Crippen LogP contribution is -2.52. The number of halogens is 1. The maximum atomic E-state index is 14.7. The zero-order chi connectivity index (χ0) is 27.7. The van der Waals surface area contributed by atoms with E-state index >= 15 is 0 Å². The fourth-order valence-corrected chi connectivity index (χ4v) is 4.25. The zero-order valence-electron chi connectivity index (χ0n) is 21.6. The van der Waals surface area contributed by atoms with Gasteiger partial charge in [0.25, 0.3) is 5.91 Å². The lowest BCUT2D eigenvalue weighted by atomic mass is 9.96. The average Bonchev–Trinajstić information content (AvgIpc) is 2.91. The number of primary amides is 1. The first-order chi connectivity index (χ1) is 18.2. The molecule has 5 N–H and O–H groups in total. The van der Waals surface area contributed by atoms with E-state index in [0.29, 0.717) is 63.6 Å². The second kappa shape index (κ2) is 13.8. The van der Waals surface area contributed by atoms with Crippen molar-refractivity contribution in [3.05, 3.63) is 70.5 Å². The number of hydrogen-bond acceptors (Lipinski definition) is 7. The molecule has 1 aliphatic heterocycles. The van der Waals surface area contributed by atoms with Crippen molar-refractivity contribution in [2.45, 2.75) is 6.42 Å². The normalized spacial score (nSPS) is 13.6. The van der Waals surface area contributed by atoms with Crippen LogP contribution in [0.2, 0.25) is 0 Å². The Morgan fingerprint density at radius 1 is 1.00 bits per heavy atom. The molecule has 0 unspecified atom stereocenters. The fourth-order valence-electron chi connectivity index (χ4n) is 4.25. The predicted molar refractivity (Wildman–Crippen MR) is 142 cm³/mol. The number of likely N-dealkylation sites (N-methyl/N-ethyl adjacent to an activating group) is 1. The highest BCUT2D eigenvalue weighted by molar-refractivity contribution is 6.09. The van der Waals surface area contributed by atoms with Crippen LogP contribution in [0.3, 0.4) is 0 Å². The summed E-state index contributed by atoms with van der Waals surface area (Å²) in [5.74, 6) is -1.79. The van der Waals surface area contributed by atoms with E-state index in [-0.39, 0.29) is 35.7 Å². The molecule has 0 bridgehead atoms. The summed E-state index contributed by atoms with van der Waals surface area (Å²) in [5.41, 5.74) is 12.0. The largest absolute Gasteiger partial charge is 0.379 e. The van der Waals surface area contributed by atoms with Crippen molar-refractivity contribution in [3.63, 3.8) is 0 Å². The highest BCUT2D eigenvalue weighted by Gasteiger charge is 2.27. The lowest BCUT2D eigenvalue weighted by Gasteiger charge is -2.35. The number of amides is 3. The molecule has 3 amide bonds. The molecule has 0 radical (unpaired) electrons. The molecule has 1 saturated heterocycles. The van der Waals surface area contributed by atoms with E-state index in [2.05, 4.69) is 0 Å². The number of piperazine rings is 1. The van der Waals surface area contributed by atoms with Crippen LogP contribution < -0.4 is 11.5 Å². The Morgan fingerprint density at radius 2 is 1.66 bits per heavy atom. The van der Waals surface area contributed by atoms with Crippen LogP contribution in [0, 0.1) is 11.2 Å². The van der Waals surface area contributed by atoms with Crippen molar-refractivity contribution in [1.29, 1.82) is 5.41 Å². The zero-order valence-corrected chi connectivity index (χ0v) is 21.6. The summed E-state index contributed by atoms with van der Waals surface area (Å²) in [5, 5.41) is 8.45. The fraction of sp³-hybridized carbons (Fsp3) is 0.407. The third-order valence-electron chi connectivity index (χ3n) is 6.36. The second-order valence-corrected chi connectivity index (χ2v) is 9.19. The van der Waals surface area contributed by atoms with Gasteiger partial charge in [-0.2, -0.15) is 0 Å². The summed E-state index contributed by atoms with van der Waals surface area (Å²) in [6.07, 6.45) is 0.0952. The van der Waals surface area contributed by atoms with Crippen molar-refractivity contribution in [2.75, 3.05) is 66.1 Å². The van der Waals surface area contributed by atoms with Crippen LogP contribution in [0.15, 0.2) is 42.5 Å². The van der Waals surface area contributed by atoms with Crippen LogP contribution in [-0.4, -0.2) is 104 Å². The maximum Gasteiger partial charge on any atom is 0.256 e. The molecule has 0 saturated carbocycles. The number of benzene rings is 2. The van der Waals surface area contributed by atoms with Gasteiger partial charge in [0.15, 0.2) is 0 Å². The van der Waals surface area contributed by atoms with Crippen LogP contribution in [0.4, 0.5) is 4.39 Å². The van der Waals surface area contributed by atoms with E-state index in [1.54, 1.807) is 29.2 Å². The van der Waals surface area contributed by atoms with Gasteiger partial charge in [0, 0.05) is 62.5 Å². The molecule has 2 aromatic carbocycles. The molecule has 2 aromatic rings. The molecule has 0 aliphatic carbocycles. The van der Waals surface area contributed by atoms with Gasteiger partial charge in [-0.1, -0.05) is 24.3 Å². The Kier molecular flexibility index (Phi) is 10.5. The summed E-state index contributed by atoms with van der Waals surface area (Å²) < 4.78 is 20.0. The van der Waals surface area contributed by atoms with Crippen LogP contribution in [0.25, 0.3) is 0 Å². The van der Waals surface area contributed by atoms with Crippen LogP contribution in [0.5, 0.6) is 0 Å². The van der Waals surface area contributed by atoms with Gasteiger partial charge in [-0.3, -0.25) is 19.3 Å². The quantitative estimate of drug-likeness (QED) is 0.275.